The third kappa shape index (κ3) is 6.63. The van der Waals surface area contributed by atoms with Gasteiger partial charge in [0.1, 0.15) is 0 Å². The minimum Gasteiger partial charge on any atom is -0.314 e. The fraction of sp³-hybridized carbons (Fsp3) is 0.625. The summed E-state index contributed by atoms with van der Waals surface area (Å²) in [5.41, 5.74) is 1.38. The zero-order valence-electron chi connectivity index (χ0n) is 13.6. The van der Waals surface area contributed by atoms with Gasteiger partial charge in [-0.25, -0.2) is 0 Å². The Morgan fingerprint density at radius 3 is 2.30 bits per heavy atom. The summed E-state index contributed by atoms with van der Waals surface area (Å²) < 4.78 is 0. The lowest BCUT2D eigenvalue weighted by Crippen LogP contribution is -2.45. The lowest BCUT2D eigenvalue weighted by atomic mass is 9.98. The highest BCUT2D eigenvalue weighted by Crippen LogP contribution is 2.28. The molecule has 0 saturated carbocycles. The standard InChI is InChI=1S/C16H25N3O2.2ClH/c1-2-3-4-5-16(18-12-10-17-11-13-18)14-6-8-15(9-7-14)19(20)21;;/h6-9,16-17H,2-5,10-13H2,1H3;2*1H/t16-;;/m0../s1. The van der Waals surface area contributed by atoms with E-state index in [2.05, 4.69) is 17.1 Å². The van der Waals surface area contributed by atoms with Gasteiger partial charge in [0, 0.05) is 44.4 Å². The number of nitrogens with one attached hydrogen (secondary N) is 1. The molecule has 0 bridgehead atoms. The van der Waals surface area contributed by atoms with Crippen LogP contribution in [0.25, 0.3) is 0 Å². The zero-order valence-corrected chi connectivity index (χ0v) is 15.2. The Kier molecular flexibility index (Phi) is 11.2. The number of nitro groups is 1. The molecule has 132 valence electrons. The summed E-state index contributed by atoms with van der Waals surface area (Å²) in [5, 5.41) is 14.2. The molecule has 1 aliphatic rings. The highest BCUT2D eigenvalue weighted by Gasteiger charge is 2.22. The van der Waals surface area contributed by atoms with E-state index in [1.165, 1.54) is 24.8 Å². The Bertz CT molecular complexity index is 451. The van der Waals surface area contributed by atoms with Gasteiger partial charge in [-0.1, -0.05) is 38.3 Å². The van der Waals surface area contributed by atoms with Gasteiger partial charge >= 0.3 is 0 Å². The first-order chi connectivity index (χ1) is 10.2. The summed E-state index contributed by atoms with van der Waals surface area (Å²) in [7, 11) is 0. The van der Waals surface area contributed by atoms with Gasteiger partial charge in [0.25, 0.3) is 5.69 Å². The summed E-state index contributed by atoms with van der Waals surface area (Å²) in [6.45, 7) is 6.36. The molecule has 1 fully saturated rings. The van der Waals surface area contributed by atoms with Crippen molar-refractivity contribution in [2.24, 2.45) is 0 Å². The van der Waals surface area contributed by atoms with Crippen molar-refractivity contribution in [3.63, 3.8) is 0 Å². The van der Waals surface area contributed by atoms with Gasteiger partial charge in [0.2, 0.25) is 0 Å². The maximum Gasteiger partial charge on any atom is 0.269 e. The van der Waals surface area contributed by atoms with Crippen molar-refractivity contribution < 1.29 is 4.92 Å². The van der Waals surface area contributed by atoms with Crippen LogP contribution in [0.1, 0.15) is 44.2 Å². The van der Waals surface area contributed by atoms with Crippen LogP contribution in [0, 0.1) is 10.1 Å². The molecule has 5 nitrogen and oxygen atoms in total. The van der Waals surface area contributed by atoms with E-state index in [9.17, 15) is 10.1 Å². The molecule has 1 aliphatic heterocycles. The average molecular weight is 364 g/mol. The van der Waals surface area contributed by atoms with E-state index in [0.29, 0.717) is 6.04 Å². The molecule has 1 N–H and O–H groups in total. The van der Waals surface area contributed by atoms with Crippen LogP contribution in [0.4, 0.5) is 5.69 Å². The average Bonchev–Trinajstić information content (AvgIpc) is 2.53. The maximum atomic E-state index is 10.8. The second-order valence-electron chi connectivity index (χ2n) is 5.65. The van der Waals surface area contributed by atoms with Crippen molar-refractivity contribution in [2.75, 3.05) is 26.2 Å². The third-order valence-electron chi connectivity index (χ3n) is 4.16. The number of piperazine rings is 1. The number of hydrogen-bond donors (Lipinski definition) is 1. The van der Waals surface area contributed by atoms with Gasteiger partial charge in [-0.2, -0.15) is 0 Å². The SMILES string of the molecule is CCCCC[C@@H](c1ccc([N+](=O)[O-])cc1)N1CCNCC1.Cl.Cl. The van der Waals surface area contributed by atoms with Crippen molar-refractivity contribution in [3.8, 4) is 0 Å². The molecule has 1 aromatic carbocycles. The summed E-state index contributed by atoms with van der Waals surface area (Å²) in [5.74, 6) is 0. The van der Waals surface area contributed by atoms with E-state index in [0.717, 1.165) is 32.6 Å². The van der Waals surface area contributed by atoms with Gasteiger partial charge in [0.05, 0.1) is 4.92 Å². The van der Waals surface area contributed by atoms with Crippen LogP contribution in [0.3, 0.4) is 0 Å². The van der Waals surface area contributed by atoms with Crippen LogP contribution in [0.15, 0.2) is 24.3 Å². The lowest BCUT2D eigenvalue weighted by Gasteiger charge is -2.35. The van der Waals surface area contributed by atoms with Gasteiger partial charge < -0.3 is 5.32 Å². The Balaban J connectivity index is 0.00000242. The molecule has 0 unspecified atom stereocenters. The van der Waals surface area contributed by atoms with Gasteiger partial charge in [-0.05, 0) is 12.0 Å². The van der Waals surface area contributed by atoms with Crippen LogP contribution < -0.4 is 5.32 Å². The Labute approximate surface area is 150 Å². The number of unbranched alkanes of at least 4 members (excludes halogenated alkanes) is 2. The van der Waals surface area contributed by atoms with Crippen molar-refractivity contribution in [1.29, 1.82) is 0 Å². The van der Waals surface area contributed by atoms with Crippen molar-refractivity contribution >= 4 is 30.5 Å². The molecule has 23 heavy (non-hydrogen) atoms. The molecule has 0 spiro atoms. The molecule has 7 heteroatoms. The monoisotopic (exact) mass is 363 g/mol. The smallest absolute Gasteiger partial charge is 0.269 e. The Morgan fingerprint density at radius 2 is 1.78 bits per heavy atom. The zero-order chi connectivity index (χ0) is 15.1. The molecule has 0 amide bonds. The van der Waals surface area contributed by atoms with Gasteiger partial charge in [-0.15, -0.1) is 24.8 Å². The van der Waals surface area contributed by atoms with Crippen LogP contribution >= 0.6 is 24.8 Å². The second-order valence-corrected chi connectivity index (χ2v) is 5.65. The van der Waals surface area contributed by atoms with E-state index in [1.807, 2.05) is 12.1 Å². The minimum absolute atomic E-state index is 0. The fourth-order valence-electron chi connectivity index (χ4n) is 2.96. The Morgan fingerprint density at radius 1 is 1.17 bits per heavy atom. The van der Waals surface area contributed by atoms with Crippen molar-refractivity contribution in [2.45, 2.75) is 38.6 Å². The summed E-state index contributed by atoms with van der Waals surface area (Å²) in [4.78, 5) is 13.0. The molecule has 2 rings (SSSR count). The van der Waals surface area contributed by atoms with Gasteiger partial charge in [-0.3, -0.25) is 15.0 Å². The van der Waals surface area contributed by atoms with Crippen LogP contribution in [0.5, 0.6) is 0 Å². The van der Waals surface area contributed by atoms with E-state index < -0.39 is 0 Å². The molecule has 1 saturated heterocycles. The summed E-state index contributed by atoms with van der Waals surface area (Å²) >= 11 is 0. The highest BCUT2D eigenvalue weighted by atomic mass is 35.5. The van der Waals surface area contributed by atoms with Crippen LogP contribution in [-0.2, 0) is 0 Å². The molecule has 0 radical (unpaired) electrons. The summed E-state index contributed by atoms with van der Waals surface area (Å²) in [6, 6.07) is 7.50. The van der Waals surface area contributed by atoms with Crippen LogP contribution in [0.2, 0.25) is 0 Å². The molecule has 1 atom stereocenters. The molecule has 0 aliphatic carbocycles. The number of rotatable bonds is 7. The minimum atomic E-state index is -0.333. The predicted octanol–water partition coefficient (Wildman–Crippen LogP) is 3.97. The number of benzene rings is 1. The number of nitrogens with zero attached hydrogens (tertiary/aromatic N) is 2. The lowest BCUT2D eigenvalue weighted by molar-refractivity contribution is -0.384. The highest BCUT2D eigenvalue weighted by molar-refractivity contribution is 5.85. The third-order valence-corrected chi connectivity index (χ3v) is 4.16. The van der Waals surface area contributed by atoms with E-state index in [1.54, 1.807) is 12.1 Å². The van der Waals surface area contributed by atoms with E-state index >= 15 is 0 Å². The molecular weight excluding hydrogens is 337 g/mol. The first kappa shape index (κ1) is 22.1. The maximum absolute atomic E-state index is 10.8. The topological polar surface area (TPSA) is 58.4 Å². The number of hydrogen-bond acceptors (Lipinski definition) is 4. The van der Waals surface area contributed by atoms with E-state index in [4.69, 9.17) is 0 Å². The predicted molar refractivity (Wildman–Crippen MR) is 98.9 cm³/mol. The van der Waals surface area contributed by atoms with Crippen LogP contribution in [-0.4, -0.2) is 36.0 Å². The quantitative estimate of drug-likeness (QED) is 0.452. The normalized spacial score (nSPS) is 16.0. The summed E-state index contributed by atoms with van der Waals surface area (Å²) in [6.07, 6.45) is 4.80. The first-order valence-electron chi connectivity index (χ1n) is 7.91. The largest absolute Gasteiger partial charge is 0.314 e. The molecule has 1 heterocycles. The number of nitro benzene ring substituents is 1. The Hall–Kier alpha value is -0.880. The molecule has 0 aromatic heterocycles. The van der Waals surface area contributed by atoms with Crippen molar-refractivity contribution in [1.82, 2.24) is 10.2 Å². The number of non-ortho nitro benzene ring substituents is 1. The van der Waals surface area contributed by atoms with Crippen molar-refractivity contribution in [3.05, 3.63) is 39.9 Å². The molecule has 1 aromatic rings. The fourth-order valence-corrected chi connectivity index (χ4v) is 2.96. The number of halogens is 2. The first-order valence-corrected chi connectivity index (χ1v) is 7.91. The van der Waals surface area contributed by atoms with E-state index in [-0.39, 0.29) is 35.4 Å². The second kappa shape index (κ2) is 11.6. The van der Waals surface area contributed by atoms with Gasteiger partial charge in [0.15, 0.2) is 0 Å². The molecular formula is C16H27Cl2N3O2.